The lowest BCUT2D eigenvalue weighted by Gasteiger charge is -2.26. The number of aromatic amines is 1. The van der Waals surface area contributed by atoms with E-state index in [9.17, 15) is 9.59 Å². The molecule has 3 aromatic heterocycles. The number of rotatable bonds is 3. The van der Waals surface area contributed by atoms with Gasteiger partial charge in [0.1, 0.15) is 0 Å². The van der Waals surface area contributed by atoms with Crippen LogP contribution in [0.25, 0.3) is 16.9 Å². The van der Waals surface area contributed by atoms with Crippen LogP contribution < -0.4 is 11.2 Å². The van der Waals surface area contributed by atoms with Crippen LogP contribution in [0.5, 0.6) is 0 Å². The Morgan fingerprint density at radius 2 is 1.76 bits per heavy atom. The van der Waals surface area contributed by atoms with Crippen LogP contribution in [0.3, 0.4) is 0 Å². The second-order valence-corrected chi connectivity index (χ2v) is 6.96. The second kappa shape index (κ2) is 5.87. The molecule has 1 aliphatic heterocycles. The van der Waals surface area contributed by atoms with Gasteiger partial charge in [-0.3, -0.25) is 18.7 Å². The third kappa shape index (κ3) is 2.43. The summed E-state index contributed by atoms with van der Waals surface area (Å²) in [6, 6.07) is 0. The van der Waals surface area contributed by atoms with Crippen LogP contribution in [0.1, 0.15) is 30.7 Å². The minimum Gasteiger partial charge on any atom is -0.313 e. The highest BCUT2D eigenvalue weighted by Gasteiger charge is 2.21. The van der Waals surface area contributed by atoms with E-state index in [4.69, 9.17) is 0 Å². The number of nitrogens with zero attached hydrogens (tertiary/aromatic N) is 5. The van der Waals surface area contributed by atoms with Crippen molar-refractivity contribution in [1.29, 1.82) is 0 Å². The molecule has 134 valence electrons. The van der Waals surface area contributed by atoms with Gasteiger partial charge in [0.25, 0.3) is 5.56 Å². The number of piperidine rings is 1. The van der Waals surface area contributed by atoms with Gasteiger partial charge >= 0.3 is 5.69 Å². The Morgan fingerprint density at radius 1 is 1.04 bits per heavy atom. The van der Waals surface area contributed by atoms with Crippen molar-refractivity contribution in [3.8, 4) is 0 Å². The Balaban J connectivity index is 1.84. The van der Waals surface area contributed by atoms with Gasteiger partial charge in [-0.25, -0.2) is 4.79 Å². The minimum atomic E-state index is -0.438. The quantitative estimate of drug-likeness (QED) is 0.761. The molecule has 0 radical (unpaired) electrons. The van der Waals surface area contributed by atoms with Crippen molar-refractivity contribution in [3.05, 3.63) is 32.2 Å². The summed E-state index contributed by atoms with van der Waals surface area (Å²) in [5.74, 6) is 0.730. The predicted octanol–water partition coefficient (Wildman–Crippen LogP) is 0.779. The molecule has 4 rings (SSSR count). The topological polar surface area (TPSA) is 80.3 Å². The molecule has 1 N–H and O–H groups in total. The number of hydrogen-bond donors (Lipinski definition) is 1. The molecule has 1 fully saturated rings. The third-order valence-corrected chi connectivity index (χ3v) is 5.49. The van der Waals surface area contributed by atoms with Gasteiger partial charge in [-0.2, -0.15) is 4.98 Å². The smallest absolute Gasteiger partial charge is 0.313 e. The van der Waals surface area contributed by atoms with Crippen LogP contribution in [0, 0.1) is 13.8 Å². The second-order valence-electron chi connectivity index (χ2n) is 6.96. The molecule has 1 saturated heterocycles. The Kier molecular flexibility index (Phi) is 3.79. The normalized spacial score (nSPS) is 16.3. The number of nitrogens with one attached hydrogen (secondary N) is 1. The number of aryl methyl sites for hydroxylation is 2. The molecule has 4 heterocycles. The molecular formula is C17H24N6O2. The number of hydrogen-bond acceptors (Lipinski definition) is 4. The number of H-pyrrole nitrogens is 1. The van der Waals surface area contributed by atoms with Gasteiger partial charge < -0.3 is 9.47 Å². The summed E-state index contributed by atoms with van der Waals surface area (Å²) >= 11 is 0. The van der Waals surface area contributed by atoms with Crippen molar-refractivity contribution in [1.82, 2.24) is 28.4 Å². The molecule has 1 aliphatic rings. The summed E-state index contributed by atoms with van der Waals surface area (Å²) in [5, 5.41) is 0. The first kappa shape index (κ1) is 16.1. The van der Waals surface area contributed by atoms with Crippen molar-refractivity contribution in [2.45, 2.75) is 39.7 Å². The van der Waals surface area contributed by atoms with Crippen molar-refractivity contribution < 1.29 is 0 Å². The Labute approximate surface area is 144 Å². The van der Waals surface area contributed by atoms with Crippen molar-refractivity contribution >= 4 is 16.9 Å². The molecule has 0 aromatic carbocycles. The van der Waals surface area contributed by atoms with E-state index in [0.717, 1.165) is 43.3 Å². The number of imidazole rings is 2. The summed E-state index contributed by atoms with van der Waals surface area (Å²) < 4.78 is 5.43. The molecule has 3 aromatic rings. The highest BCUT2D eigenvalue weighted by Crippen LogP contribution is 2.20. The zero-order chi connectivity index (χ0) is 17.7. The lowest BCUT2D eigenvalue weighted by atomic mass is 10.1. The van der Waals surface area contributed by atoms with Crippen LogP contribution in [0.4, 0.5) is 0 Å². The standard InChI is InChI=1S/C17H24N6O2/c1-11-12(2)23-13-14(20(3)17(25)19-15(13)24)18-16(23)22(11)10-9-21-7-5-4-6-8-21/h4-10H2,1-3H3,(H,19,24,25). The maximum atomic E-state index is 12.4. The SMILES string of the molecule is Cc1c(C)n2c3c(=O)[nH]c(=O)n(C)c3nc2n1CCN1CCCCC1. The van der Waals surface area contributed by atoms with Gasteiger partial charge in [-0.05, 0) is 39.8 Å². The predicted molar refractivity (Wildman–Crippen MR) is 96.3 cm³/mol. The van der Waals surface area contributed by atoms with Crippen LogP contribution in [0.15, 0.2) is 9.59 Å². The lowest BCUT2D eigenvalue weighted by molar-refractivity contribution is 0.221. The Morgan fingerprint density at radius 3 is 2.48 bits per heavy atom. The maximum Gasteiger partial charge on any atom is 0.329 e. The van der Waals surface area contributed by atoms with Gasteiger partial charge in [0, 0.05) is 31.5 Å². The van der Waals surface area contributed by atoms with E-state index in [0.29, 0.717) is 11.2 Å². The van der Waals surface area contributed by atoms with Gasteiger partial charge in [-0.1, -0.05) is 6.42 Å². The highest BCUT2D eigenvalue weighted by molar-refractivity contribution is 5.76. The first-order valence-electron chi connectivity index (χ1n) is 8.88. The number of fused-ring (bicyclic) bond motifs is 3. The summed E-state index contributed by atoms with van der Waals surface area (Å²) in [7, 11) is 1.63. The fraction of sp³-hybridized carbons (Fsp3) is 0.588. The van der Waals surface area contributed by atoms with Gasteiger partial charge in [0.05, 0.1) is 0 Å². The van der Waals surface area contributed by atoms with E-state index in [1.807, 2.05) is 11.3 Å². The first-order chi connectivity index (χ1) is 12.0. The monoisotopic (exact) mass is 344 g/mol. The van der Waals surface area contributed by atoms with E-state index in [1.165, 1.54) is 23.8 Å². The number of aromatic nitrogens is 5. The van der Waals surface area contributed by atoms with Crippen LogP contribution in [0.2, 0.25) is 0 Å². The van der Waals surface area contributed by atoms with Crippen molar-refractivity contribution in [3.63, 3.8) is 0 Å². The van der Waals surface area contributed by atoms with Crippen LogP contribution in [-0.2, 0) is 13.6 Å². The Hall–Kier alpha value is -2.35. The van der Waals surface area contributed by atoms with Gasteiger partial charge in [0.15, 0.2) is 11.2 Å². The molecule has 25 heavy (non-hydrogen) atoms. The van der Waals surface area contributed by atoms with Crippen molar-refractivity contribution in [2.75, 3.05) is 19.6 Å². The maximum absolute atomic E-state index is 12.4. The fourth-order valence-electron chi connectivity index (χ4n) is 3.87. The van der Waals surface area contributed by atoms with E-state index in [2.05, 4.69) is 26.4 Å². The zero-order valence-electron chi connectivity index (χ0n) is 15.0. The fourth-order valence-corrected chi connectivity index (χ4v) is 3.87. The molecule has 0 spiro atoms. The zero-order valence-corrected chi connectivity index (χ0v) is 15.0. The Bertz CT molecular complexity index is 1060. The molecule has 8 nitrogen and oxygen atoms in total. The molecule has 0 amide bonds. The summed E-state index contributed by atoms with van der Waals surface area (Å²) in [5.41, 5.74) is 2.14. The van der Waals surface area contributed by atoms with E-state index in [1.54, 1.807) is 7.05 Å². The largest absolute Gasteiger partial charge is 0.329 e. The van der Waals surface area contributed by atoms with Crippen molar-refractivity contribution in [2.24, 2.45) is 7.05 Å². The summed E-state index contributed by atoms with van der Waals surface area (Å²) in [4.78, 5) is 33.7. The molecule has 8 heteroatoms. The lowest BCUT2D eigenvalue weighted by Crippen LogP contribution is -2.32. The summed E-state index contributed by atoms with van der Waals surface area (Å²) in [6.07, 6.45) is 3.86. The van der Waals surface area contributed by atoms with Crippen LogP contribution in [-0.4, -0.2) is 48.0 Å². The van der Waals surface area contributed by atoms with E-state index in [-0.39, 0.29) is 5.56 Å². The minimum absolute atomic E-state index is 0.387. The van der Waals surface area contributed by atoms with E-state index < -0.39 is 5.69 Å². The average Bonchev–Trinajstić information content (AvgIpc) is 3.10. The highest BCUT2D eigenvalue weighted by atomic mass is 16.2. The molecule has 0 bridgehead atoms. The van der Waals surface area contributed by atoms with Crippen LogP contribution >= 0.6 is 0 Å². The van der Waals surface area contributed by atoms with E-state index >= 15 is 0 Å². The third-order valence-electron chi connectivity index (χ3n) is 5.49. The molecular weight excluding hydrogens is 320 g/mol. The molecule has 0 saturated carbocycles. The summed E-state index contributed by atoms with van der Waals surface area (Å²) in [6.45, 7) is 8.16. The molecule has 0 atom stereocenters. The molecule has 0 unspecified atom stereocenters. The number of likely N-dealkylation sites (tertiary alicyclic amines) is 1. The van der Waals surface area contributed by atoms with Gasteiger partial charge in [-0.15, -0.1) is 0 Å². The first-order valence-corrected chi connectivity index (χ1v) is 8.88. The van der Waals surface area contributed by atoms with Gasteiger partial charge in [0.2, 0.25) is 5.78 Å². The molecule has 0 aliphatic carbocycles. The average molecular weight is 344 g/mol.